The van der Waals surface area contributed by atoms with E-state index in [1.807, 2.05) is 62.4 Å². The second-order valence-electron chi connectivity index (χ2n) is 4.45. The Balaban J connectivity index is 2.51. The molecule has 0 atom stereocenters. The largest absolute Gasteiger partial charge is 0.291 e. The fraction of sp³-hybridized carbons (Fsp3) is 0.125. The molecule has 4 heteroatoms. The number of hydrogen-bond donors (Lipinski definition) is 0. The van der Waals surface area contributed by atoms with Crippen molar-refractivity contribution in [1.82, 2.24) is 0 Å². The van der Waals surface area contributed by atoms with Crippen molar-refractivity contribution in [3.63, 3.8) is 0 Å². The molecule has 0 bridgehead atoms. The van der Waals surface area contributed by atoms with Gasteiger partial charge in [0.1, 0.15) is 0 Å². The molecular formula is C16H16O2S2. The van der Waals surface area contributed by atoms with E-state index in [9.17, 15) is 9.59 Å². The van der Waals surface area contributed by atoms with Gasteiger partial charge in [-0.05, 0) is 46.2 Å². The van der Waals surface area contributed by atoms with Crippen LogP contribution in [0.1, 0.15) is 11.1 Å². The molecule has 2 rings (SSSR count). The standard InChI is InChI=1S/C16H16O2S2/c1-13-7-3-5-9-15(13)19-20(11-17,12-18)16-10-6-4-8-14(16)2/h3-12H,1-2H3. The van der Waals surface area contributed by atoms with E-state index >= 15 is 0 Å². The third-order valence-electron chi connectivity index (χ3n) is 3.04. The highest BCUT2D eigenvalue weighted by atomic mass is 33.2. The quantitative estimate of drug-likeness (QED) is 0.600. The Bertz CT molecular complexity index is 630. The van der Waals surface area contributed by atoms with Crippen molar-refractivity contribution in [2.24, 2.45) is 0 Å². The van der Waals surface area contributed by atoms with Crippen LogP contribution in [-0.4, -0.2) is 11.2 Å². The zero-order valence-corrected chi connectivity index (χ0v) is 13.0. The van der Waals surface area contributed by atoms with Crippen molar-refractivity contribution in [1.29, 1.82) is 0 Å². The van der Waals surface area contributed by atoms with Crippen molar-refractivity contribution in [2.75, 3.05) is 0 Å². The summed E-state index contributed by atoms with van der Waals surface area (Å²) in [4.78, 5) is 25.2. The summed E-state index contributed by atoms with van der Waals surface area (Å²) in [5.74, 6) is 0. The van der Waals surface area contributed by atoms with E-state index in [-0.39, 0.29) is 0 Å². The lowest BCUT2D eigenvalue weighted by Crippen LogP contribution is -2.01. The van der Waals surface area contributed by atoms with Gasteiger partial charge >= 0.3 is 0 Å². The first kappa shape index (κ1) is 14.9. The van der Waals surface area contributed by atoms with Gasteiger partial charge in [-0.2, -0.15) is 0 Å². The molecule has 104 valence electrons. The van der Waals surface area contributed by atoms with Gasteiger partial charge in [0.15, 0.2) is 11.2 Å². The molecule has 0 aliphatic rings. The molecule has 0 unspecified atom stereocenters. The number of benzene rings is 2. The number of carbonyl (C=O) groups excluding carboxylic acids is 2. The minimum absolute atomic E-state index is 0.819. The summed E-state index contributed by atoms with van der Waals surface area (Å²) in [5, 5.41) is 0. The molecule has 2 nitrogen and oxygen atoms in total. The normalized spacial score (nSPS) is 11.9. The minimum atomic E-state index is -2.20. The number of aryl methyl sites for hydroxylation is 2. The average Bonchev–Trinajstić information content (AvgIpc) is 2.48. The highest BCUT2D eigenvalue weighted by molar-refractivity contribution is 9.04. The molecule has 0 aliphatic heterocycles. The van der Waals surface area contributed by atoms with Gasteiger partial charge in [0.2, 0.25) is 0 Å². The third-order valence-corrected chi connectivity index (χ3v) is 8.05. The Morgan fingerprint density at radius 2 is 1.40 bits per heavy atom. The van der Waals surface area contributed by atoms with Gasteiger partial charge in [0.25, 0.3) is 0 Å². The Hall–Kier alpha value is -1.52. The monoisotopic (exact) mass is 304 g/mol. The molecule has 0 fully saturated rings. The second kappa shape index (κ2) is 6.29. The maximum Gasteiger partial charge on any atom is 0.178 e. The predicted octanol–water partition coefficient (Wildman–Crippen LogP) is 4.55. The second-order valence-corrected chi connectivity index (χ2v) is 9.34. The summed E-state index contributed by atoms with van der Waals surface area (Å²) in [6.45, 7) is 3.92. The van der Waals surface area contributed by atoms with Gasteiger partial charge in [0.05, 0.1) is 0 Å². The molecular weight excluding hydrogens is 288 g/mol. The highest BCUT2D eigenvalue weighted by Gasteiger charge is 2.29. The molecule has 2 aromatic carbocycles. The van der Waals surface area contributed by atoms with Crippen molar-refractivity contribution in [3.05, 3.63) is 59.7 Å². The van der Waals surface area contributed by atoms with Crippen LogP contribution in [0.25, 0.3) is 0 Å². The van der Waals surface area contributed by atoms with E-state index in [0.29, 0.717) is 0 Å². The summed E-state index contributed by atoms with van der Waals surface area (Å²) in [6.07, 6.45) is 0. The van der Waals surface area contributed by atoms with Crippen molar-refractivity contribution in [2.45, 2.75) is 23.6 Å². The molecule has 0 N–H and O–H groups in total. The molecule has 0 aromatic heterocycles. The summed E-state index contributed by atoms with van der Waals surface area (Å²) in [5.41, 5.74) is 3.69. The van der Waals surface area contributed by atoms with Gasteiger partial charge in [0, 0.05) is 9.79 Å². The van der Waals surface area contributed by atoms with Crippen LogP contribution in [0.5, 0.6) is 0 Å². The molecule has 0 heterocycles. The molecule has 0 saturated carbocycles. The van der Waals surface area contributed by atoms with Crippen LogP contribution in [0.15, 0.2) is 58.3 Å². The van der Waals surface area contributed by atoms with E-state index in [1.54, 1.807) is 0 Å². The highest BCUT2D eigenvalue weighted by Crippen LogP contribution is 2.65. The van der Waals surface area contributed by atoms with Gasteiger partial charge in [-0.3, -0.25) is 9.59 Å². The van der Waals surface area contributed by atoms with Crippen LogP contribution < -0.4 is 0 Å². The van der Waals surface area contributed by atoms with Crippen LogP contribution in [0.4, 0.5) is 0 Å². The summed E-state index contributed by atoms with van der Waals surface area (Å²) >= 11 is 0. The molecule has 0 saturated heterocycles. The van der Waals surface area contributed by atoms with E-state index in [1.165, 1.54) is 10.8 Å². The lowest BCUT2D eigenvalue weighted by Gasteiger charge is -2.28. The SMILES string of the molecule is Cc1ccccc1SS(C=O)(C=O)c1ccccc1C. The van der Waals surface area contributed by atoms with Gasteiger partial charge in [-0.25, -0.2) is 0 Å². The lowest BCUT2D eigenvalue weighted by atomic mass is 10.2. The summed E-state index contributed by atoms with van der Waals surface area (Å²) in [7, 11) is -0.824. The smallest absolute Gasteiger partial charge is 0.178 e. The van der Waals surface area contributed by atoms with Crippen LogP contribution >= 0.6 is 19.9 Å². The molecule has 0 spiro atoms. The zero-order chi connectivity index (χ0) is 14.6. The Kier molecular flexibility index (Phi) is 4.68. The maximum atomic E-state index is 11.7. The summed E-state index contributed by atoms with van der Waals surface area (Å²) in [6, 6.07) is 15.4. The van der Waals surface area contributed by atoms with E-state index in [4.69, 9.17) is 0 Å². The van der Waals surface area contributed by atoms with Crippen molar-refractivity contribution < 1.29 is 9.59 Å². The van der Waals surface area contributed by atoms with E-state index in [2.05, 4.69) is 0 Å². The van der Waals surface area contributed by atoms with Crippen LogP contribution in [-0.2, 0) is 9.59 Å². The van der Waals surface area contributed by atoms with Crippen molar-refractivity contribution >= 4 is 31.1 Å². The molecule has 0 amide bonds. The number of carbonyl (C=O) groups is 2. The fourth-order valence-electron chi connectivity index (χ4n) is 1.92. The predicted molar refractivity (Wildman–Crippen MR) is 87.6 cm³/mol. The molecule has 0 aliphatic carbocycles. The first-order chi connectivity index (χ1) is 9.63. The minimum Gasteiger partial charge on any atom is -0.291 e. The molecule has 2 aromatic rings. The van der Waals surface area contributed by atoms with Gasteiger partial charge in [-0.15, -0.1) is 0 Å². The lowest BCUT2D eigenvalue weighted by molar-refractivity contribution is 0.566. The number of rotatable bonds is 5. The average molecular weight is 304 g/mol. The first-order valence-corrected chi connectivity index (χ1v) is 9.27. The van der Waals surface area contributed by atoms with Crippen LogP contribution in [0, 0.1) is 13.8 Å². The van der Waals surface area contributed by atoms with Gasteiger partial charge < -0.3 is 0 Å². The topological polar surface area (TPSA) is 34.1 Å². The first-order valence-electron chi connectivity index (χ1n) is 6.17. The summed E-state index contributed by atoms with van der Waals surface area (Å²) < 4.78 is 0. The van der Waals surface area contributed by atoms with Crippen LogP contribution in [0.2, 0.25) is 0 Å². The fourth-order valence-corrected chi connectivity index (χ4v) is 6.36. The van der Waals surface area contributed by atoms with E-state index in [0.717, 1.165) is 32.2 Å². The Labute approximate surface area is 124 Å². The maximum absolute atomic E-state index is 11.7. The van der Waals surface area contributed by atoms with Crippen molar-refractivity contribution in [3.8, 4) is 0 Å². The Morgan fingerprint density at radius 3 is 1.95 bits per heavy atom. The van der Waals surface area contributed by atoms with E-state index < -0.39 is 9.06 Å². The van der Waals surface area contributed by atoms with Crippen LogP contribution in [0.3, 0.4) is 0 Å². The third kappa shape index (κ3) is 2.81. The molecule has 20 heavy (non-hydrogen) atoms. The molecule has 0 radical (unpaired) electrons. The number of hydrogen-bond acceptors (Lipinski definition) is 3. The van der Waals surface area contributed by atoms with Gasteiger partial charge in [-0.1, -0.05) is 47.2 Å². The Morgan fingerprint density at radius 1 is 0.850 bits per heavy atom. The zero-order valence-electron chi connectivity index (χ0n) is 11.4.